The maximum atomic E-state index is 15.0. The highest BCUT2D eigenvalue weighted by Gasteiger charge is 2.45. The fourth-order valence-electron chi connectivity index (χ4n) is 5.50. The molecular weight excluding hydrogens is 497 g/mol. The number of thioether (sulfide) groups is 1. The number of nitrogens with zero attached hydrogens (tertiary/aromatic N) is 2. The van der Waals surface area contributed by atoms with Gasteiger partial charge in [0.1, 0.15) is 18.1 Å². The number of aromatic nitrogens is 1. The van der Waals surface area contributed by atoms with Crippen molar-refractivity contribution in [1.29, 1.82) is 0 Å². The molecule has 3 atom stereocenters. The molecule has 2 amide bonds. The molecule has 1 fully saturated rings. The van der Waals surface area contributed by atoms with Crippen molar-refractivity contribution in [1.82, 2.24) is 9.88 Å². The summed E-state index contributed by atoms with van der Waals surface area (Å²) in [5.74, 6) is -0.0958. The number of cyclic esters (lactones) is 1. The molecule has 0 spiro atoms. The number of carbonyl (C=O) groups is 2. The summed E-state index contributed by atoms with van der Waals surface area (Å²) in [6, 6.07) is 11.7. The topological polar surface area (TPSA) is 119 Å². The van der Waals surface area contributed by atoms with Crippen molar-refractivity contribution in [2.75, 3.05) is 29.1 Å². The Morgan fingerprint density at radius 3 is 2.86 bits per heavy atom. The number of halogens is 1. The number of anilines is 2. The van der Waals surface area contributed by atoms with E-state index < -0.39 is 23.6 Å². The third-order valence-corrected chi connectivity index (χ3v) is 8.48. The fraction of sp³-hybridized carbons (Fsp3) is 0.346. The van der Waals surface area contributed by atoms with Crippen molar-refractivity contribution in [3.05, 3.63) is 64.2 Å². The van der Waals surface area contributed by atoms with Gasteiger partial charge in [-0.25, -0.2) is 9.18 Å². The molecule has 1 aromatic heterocycles. The number of benzene rings is 2. The number of carbonyl (C=O) groups excluding carboxylic acids is 2. The van der Waals surface area contributed by atoms with E-state index in [1.54, 1.807) is 23.1 Å². The van der Waals surface area contributed by atoms with Gasteiger partial charge >= 0.3 is 6.09 Å². The molecule has 0 aliphatic carbocycles. The SMILES string of the molecule is C[C@@]1(NCCC[C@@H]2CN(c3ccc4c(c3)NC(=O)CS4)C(=O)O2)c2c(F)ccc3ccc(=O)n(c23)[C@@H]1N. The molecular formula is C26H26FN5O4S. The average Bonchev–Trinajstić information content (AvgIpc) is 3.36. The van der Waals surface area contributed by atoms with Crippen LogP contribution < -0.4 is 26.8 Å². The van der Waals surface area contributed by atoms with E-state index in [1.165, 1.54) is 28.5 Å². The van der Waals surface area contributed by atoms with Crippen LogP contribution in [0, 0.1) is 5.82 Å². The number of rotatable bonds is 6. The van der Waals surface area contributed by atoms with E-state index >= 15 is 0 Å². The summed E-state index contributed by atoms with van der Waals surface area (Å²) < 4.78 is 22.0. The lowest BCUT2D eigenvalue weighted by atomic mass is 9.90. The molecule has 3 aliphatic heterocycles. The third-order valence-electron chi connectivity index (χ3n) is 7.41. The highest BCUT2D eigenvalue weighted by atomic mass is 32.2. The van der Waals surface area contributed by atoms with E-state index in [2.05, 4.69) is 10.6 Å². The molecule has 0 radical (unpaired) electrons. The Morgan fingerprint density at radius 2 is 2.03 bits per heavy atom. The van der Waals surface area contributed by atoms with E-state index in [0.717, 1.165) is 10.3 Å². The predicted octanol–water partition coefficient (Wildman–Crippen LogP) is 3.27. The monoisotopic (exact) mass is 523 g/mol. The van der Waals surface area contributed by atoms with Gasteiger partial charge in [-0.15, -0.1) is 11.8 Å². The summed E-state index contributed by atoms with van der Waals surface area (Å²) in [5.41, 5.74) is 7.53. The zero-order valence-electron chi connectivity index (χ0n) is 20.1. The molecule has 3 aliphatic rings. The van der Waals surface area contributed by atoms with Crippen molar-refractivity contribution in [3.63, 3.8) is 0 Å². The molecule has 4 N–H and O–H groups in total. The Morgan fingerprint density at radius 1 is 1.22 bits per heavy atom. The van der Waals surface area contributed by atoms with Gasteiger partial charge in [-0.2, -0.15) is 0 Å². The molecule has 192 valence electrons. The van der Waals surface area contributed by atoms with Crippen LogP contribution in [-0.2, 0) is 15.1 Å². The van der Waals surface area contributed by atoms with Gasteiger partial charge in [0.15, 0.2) is 0 Å². The van der Waals surface area contributed by atoms with Crippen LogP contribution >= 0.6 is 11.8 Å². The number of nitrogens with one attached hydrogen (secondary N) is 2. The van der Waals surface area contributed by atoms with Crippen LogP contribution in [0.15, 0.2) is 52.2 Å². The summed E-state index contributed by atoms with van der Waals surface area (Å²) in [6.07, 6.45) is -0.260. The number of nitrogens with two attached hydrogens (primary N) is 1. The summed E-state index contributed by atoms with van der Waals surface area (Å²) in [7, 11) is 0. The number of ether oxygens (including phenoxy) is 1. The number of pyridine rings is 1. The summed E-state index contributed by atoms with van der Waals surface area (Å²) in [6.45, 7) is 2.69. The highest BCUT2D eigenvalue weighted by molar-refractivity contribution is 8.00. The number of hydrogen-bond acceptors (Lipinski definition) is 7. The van der Waals surface area contributed by atoms with Crippen LogP contribution in [-0.4, -0.2) is 41.5 Å². The normalized spacial score (nSPS) is 24.4. The first kappa shape index (κ1) is 24.0. The molecule has 2 aromatic carbocycles. The zero-order chi connectivity index (χ0) is 25.9. The highest BCUT2D eigenvalue weighted by Crippen LogP contribution is 2.42. The van der Waals surface area contributed by atoms with E-state index in [9.17, 15) is 18.8 Å². The minimum atomic E-state index is -0.971. The molecule has 9 nitrogen and oxygen atoms in total. The summed E-state index contributed by atoms with van der Waals surface area (Å²) in [5, 5.41) is 6.98. The number of hydrogen-bond donors (Lipinski definition) is 3. The lowest BCUT2D eigenvalue weighted by molar-refractivity contribution is -0.113. The fourth-order valence-corrected chi connectivity index (χ4v) is 6.29. The van der Waals surface area contributed by atoms with Crippen LogP contribution in [0.5, 0.6) is 0 Å². The van der Waals surface area contributed by atoms with Crippen LogP contribution in [0.1, 0.15) is 31.5 Å². The van der Waals surface area contributed by atoms with Crippen molar-refractivity contribution in [2.24, 2.45) is 5.73 Å². The van der Waals surface area contributed by atoms with Crippen molar-refractivity contribution < 1.29 is 18.7 Å². The van der Waals surface area contributed by atoms with Gasteiger partial charge in [-0.1, -0.05) is 0 Å². The van der Waals surface area contributed by atoms with Crippen LogP contribution in [0.2, 0.25) is 0 Å². The Hall–Kier alpha value is -3.41. The molecule has 3 aromatic rings. The van der Waals surface area contributed by atoms with Crippen molar-refractivity contribution >= 4 is 46.0 Å². The smallest absolute Gasteiger partial charge is 0.414 e. The minimum Gasteiger partial charge on any atom is -0.444 e. The van der Waals surface area contributed by atoms with Crippen molar-refractivity contribution in [2.45, 2.75) is 42.5 Å². The van der Waals surface area contributed by atoms with E-state index in [1.807, 2.05) is 19.1 Å². The first-order valence-corrected chi connectivity index (χ1v) is 13.1. The second-order valence-electron chi connectivity index (χ2n) is 9.75. The average molecular weight is 524 g/mol. The molecule has 6 rings (SSSR count). The predicted molar refractivity (Wildman–Crippen MR) is 139 cm³/mol. The van der Waals surface area contributed by atoms with Gasteiger partial charge in [0, 0.05) is 22.2 Å². The lowest BCUT2D eigenvalue weighted by Gasteiger charge is -2.32. The molecule has 11 heteroatoms. The molecule has 4 heterocycles. The van der Waals surface area contributed by atoms with Crippen LogP contribution in [0.3, 0.4) is 0 Å². The summed E-state index contributed by atoms with van der Waals surface area (Å²) in [4.78, 5) is 39.4. The van der Waals surface area contributed by atoms with Gasteiger partial charge in [0.05, 0.1) is 29.0 Å². The maximum Gasteiger partial charge on any atom is 0.414 e. The molecule has 0 unspecified atom stereocenters. The first-order valence-electron chi connectivity index (χ1n) is 12.2. The van der Waals surface area contributed by atoms with Gasteiger partial charge in [-0.05, 0) is 68.1 Å². The first-order chi connectivity index (χ1) is 17.8. The standard InChI is InChI=1S/C26H26FN5O4S/c1-26(22-17(27)7-4-14-5-9-21(34)32(23(14)22)24(26)28)29-10-2-3-16-12-31(25(35)36-16)15-6-8-19-18(11-15)30-20(33)13-37-19/h4-9,11,16,24,29H,2-3,10,12-13,28H2,1H3,(H,30,33)/t16-,24+,26-/m1/s1. The molecule has 37 heavy (non-hydrogen) atoms. The molecule has 0 bridgehead atoms. The summed E-state index contributed by atoms with van der Waals surface area (Å²) >= 11 is 1.46. The Labute approximate surface area is 216 Å². The third kappa shape index (κ3) is 3.89. The quantitative estimate of drug-likeness (QED) is 0.425. The molecule has 0 saturated carbocycles. The van der Waals surface area contributed by atoms with E-state index in [-0.39, 0.29) is 17.6 Å². The zero-order valence-corrected chi connectivity index (χ0v) is 20.9. The van der Waals surface area contributed by atoms with Gasteiger partial charge in [0.25, 0.3) is 5.56 Å². The van der Waals surface area contributed by atoms with Crippen LogP contribution in [0.4, 0.5) is 20.6 Å². The lowest BCUT2D eigenvalue weighted by Crippen LogP contribution is -2.49. The van der Waals surface area contributed by atoms with Crippen molar-refractivity contribution in [3.8, 4) is 0 Å². The van der Waals surface area contributed by atoms with Gasteiger partial charge < -0.3 is 21.1 Å². The largest absolute Gasteiger partial charge is 0.444 e. The minimum absolute atomic E-state index is 0.0659. The van der Waals surface area contributed by atoms with Gasteiger partial charge in [-0.3, -0.25) is 19.1 Å². The van der Waals surface area contributed by atoms with E-state index in [4.69, 9.17) is 10.5 Å². The Balaban J connectivity index is 1.11. The number of amides is 2. The molecule has 1 saturated heterocycles. The van der Waals surface area contributed by atoms with E-state index in [0.29, 0.717) is 54.1 Å². The Bertz CT molecular complexity index is 1510. The number of fused-ring (bicyclic) bond motifs is 1. The van der Waals surface area contributed by atoms with Gasteiger partial charge in [0.2, 0.25) is 5.91 Å². The van der Waals surface area contributed by atoms with Crippen LogP contribution in [0.25, 0.3) is 10.9 Å². The maximum absolute atomic E-state index is 15.0. The second kappa shape index (κ2) is 8.86. The second-order valence-corrected chi connectivity index (χ2v) is 10.8. The Kier molecular flexibility index (Phi) is 5.74.